The number of hydrogen-bond acceptors (Lipinski definition) is 4. The Morgan fingerprint density at radius 3 is 2.60 bits per heavy atom. The topological polar surface area (TPSA) is 47.6 Å². The molecule has 1 atom stereocenters. The van der Waals surface area contributed by atoms with Gasteiger partial charge >= 0.3 is 0 Å². The van der Waals surface area contributed by atoms with Crippen LogP contribution in [-0.2, 0) is 0 Å². The Labute approximate surface area is 120 Å². The fraction of sp³-hybridized carbons (Fsp3) is 0.562. The lowest BCUT2D eigenvalue weighted by atomic mass is 9.76. The highest BCUT2D eigenvalue weighted by Crippen LogP contribution is 2.37. The van der Waals surface area contributed by atoms with E-state index in [0.29, 0.717) is 17.1 Å². The van der Waals surface area contributed by atoms with Crippen LogP contribution >= 0.6 is 0 Å². The van der Waals surface area contributed by atoms with Crippen LogP contribution in [0.3, 0.4) is 0 Å². The normalized spacial score (nSPS) is 21.8. The first-order valence-electron chi connectivity index (χ1n) is 7.14. The molecule has 1 heterocycles. The van der Waals surface area contributed by atoms with Crippen LogP contribution in [0.5, 0.6) is 11.5 Å². The van der Waals surface area contributed by atoms with E-state index in [0.717, 1.165) is 32.4 Å². The minimum absolute atomic E-state index is 0.213. The Kier molecular flexibility index (Phi) is 4.65. The van der Waals surface area contributed by atoms with Gasteiger partial charge in [-0.05, 0) is 37.6 Å². The number of hydrogen-bond donors (Lipinski definition) is 1. The van der Waals surface area contributed by atoms with Crippen LogP contribution in [-0.4, -0.2) is 33.1 Å². The van der Waals surface area contributed by atoms with E-state index in [1.807, 2.05) is 6.07 Å². The number of benzene rings is 1. The zero-order chi connectivity index (χ0) is 14.6. The number of carbonyl (C=O) groups is 1. The van der Waals surface area contributed by atoms with Gasteiger partial charge in [0.25, 0.3) is 0 Å². The van der Waals surface area contributed by atoms with E-state index >= 15 is 0 Å². The lowest BCUT2D eigenvalue weighted by Crippen LogP contribution is -2.33. The van der Waals surface area contributed by atoms with E-state index in [2.05, 4.69) is 12.2 Å². The van der Waals surface area contributed by atoms with E-state index in [9.17, 15) is 4.79 Å². The number of nitrogens with one attached hydrogen (secondary N) is 1. The molecule has 2 rings (SSSR count). The average Bonchev–Trinajstić information content (AvgIpc) is 2.96. The van der Waals surface area contributed by atoms with Gasteiger partial charge in [0.15, 0.2) is 17.3 Å². The molecule has 1 saturated heterocycles. The van der Waals surface area contributed by atoms with Crippen molar-refractivity contribution in [1.29, 1.82) is 0 Å². The number of methoxy groups -OCH3 is 2. The standard InChI is InChI=1S/C16H23NO3/c1-4-7-16(8-9-17-11-16)15(18)12-5-6-13(19-2)14(10-12)20-3/h5-6,10,17H,4,7-9,11H2,1-3H3. The lowest BCUT2D eigenvalue weighted by molar-refractivity contribution is 0.0801. The molecule has 0 saturated carbocycles. The fourth-order valence-corrected chi connectivity index (χ4v) is 3.03. The molecule has 1 N–H and O–H groups in total. The Bertz CT molecular complexity index is 479. The van der Waals surface area contributed by atoms with Crippen LogP contribution in [0.1, 0.15) is 36.5 Å². The van der Waals surface area contributed by atoms with E-state index in [1.165, 1.54) is 0 Å². The van der Waals surface area contributed by atoms with Gasteiger partial charge in [-0.3, -0.25) is 4.79 Å². The molecule has 1 unspecified atom stereocenters. The van der Waals surface area contributed by atoms with E-state index in [-0.39, 0.29) is 11.2 Å². The second kappa shape index (κ2) is 6.27. The van der Waals surface area contributed by atoms with Crippen molar-refractivity contribution in [2.24, 2.45) is 5.41 Å². The molecule has 1 aromatic rings. The van der Waals surface area contributed by atoms with Gasteiger partial charge in [0.1, 0.15) is 0 Å². The molecule has 4 heteroatoms. The Hall–Kier alpha value is -1.55. The van der Waals surface area contributed by atoms with Gasteiger partial charge in [0.2, 0.25) is 0 Å². The molecule has 0 aromatic heterocycles. The van der Waals surface area contributed by atoms with Crippen molar-refractivity contribution in [3.8, 4) is 11.5 Å². The van der Waals surface area contributed by atoms with Gasteiger partial charge < -0.3 is 14.8 Å². The molecule has 0 spiro atoms. The van der Waals surface area contributed by atoms with Crippen LogP contribution < -0.4 is 14.8 Å². The summed E-state index contributed by atoms with van der Waals surface area (Å²) >= 11 is 0. The number of rotatable bonds is 6. The van der Waals surface area contributed by atoms with E-state index in [1.54, 1.807) is 26.4 Å². The maximum absolute atomic E-state index is 12.9. The van der Waals surface area contributed by atoms with Crippen molar-refractivity contribution in [2.75, 3.05) is 27.3 Å². The SMILES string of the molecule is CCCC1(C(=O)c2ccc(OC)c(OC)c2)CCNC1. The third kappa shape index (κ3) is 2.66. The minimum atomic E-state index is -0.256. The lowest BCUT2D eigenvalue weighted by Gasteiger charge is -2.26. The highest BCUT2D eigenvalue weighted by molar-refractivity contribution is 6.01. The molecule has 1 aromatic carbocycles. The van der Waals surface area contributed by atoms with Gasteiger partial charge in [-0.2, -0.15) is 0 Å². The fourth-order valence-electron chi connectivity index (χ4n) is 3.03. The van der Waals surface area contributed by atoms with Crippen LogP contribution in [0.4, 0.5) is 0 Å². The maximum Gasteiger partial charge on any atom is 0.170 e. The summed E-state index contributed by atoms with van der Waals surface area (Å²) in [6, 6.07) is 5.42. The largest absolute Gasteiger partial charge is 0.493 e. The van der Waals surface area contributed by atoms with Crippen LogP contribution in [0.2, 0.25) is 0 Å². The first kappa shape index (κ1) is 14.9. The molecule has 0 aliphatic carbocycles. The summed E-state index contributed by atoms with van der Waals surface area (Å²) in [6.45, 7) is 3.81. The summed E-state index contributed by atoms with van der Waals surface area (Å²) in [5.41, 5.74) is 0.453. The average molecular weight is 277 g/mol. The maximum atomic E-state index is 12.9. The molecular weight excluding hydrogens is 254 g/mol. The molecule has 20 heavy (non-hydrogen) atoms. The van der Waals surface area contributed by atoms with Gasteiger partial charge in [-0.25, -0.2) is 0 Å². The van der Waals surface area contributed by atoms with Crippen molar-refractivity contribution in [3.05, 3.63) is 23.8 Å². The minimum Gasteiger partial charge on any atom is -0.493 e. The molecule has 0 radical (unpaired) electrons. The molecule has 1 aliphatic rings. The van der Waals surface area contributed by atoms with Gasteiger partial charge in [-0.1, -0.05) is 13.3 Å². The summed E-state index contributed by atoms with van der Waals surface area (Å²) in [5, 5.41) is 3.32. The van der Waals surface area contributed by atoms with Crippen LogP contribution in [0, 0.1) is 5.41 Å². The summed E-state index contributed by atoms with van der Waals surface area (Å²) in [7, 11) is 3.18. The number of ether oxygens (including phenoxy) is 2. The highest BCUT2D eigenvalue weighted by atomic mass is 16.5. The third-order valence-corrected chi connectivity index (χ3v) is 4.10. The molecule has 1 fully saturated rings. The molecule has 0 amide bonds. The number of ketones is 1. The van der Waals surface area contributed by atoms with Crippen molar-refractivity contribution < 1.29 is 14.3 Å². The second-order valence-electron chi connectivity index (χ2n) is 5.36. The highest BCUT2D eigenvalue weighted by Gasteiger charge is 2.40. The first-order chi connectivity index (χ1) is 9.66. The van der Waals surface area contributed by atoms with Crippen molar-refractivity contribution in [1.82, 2.24) is 5.32 Å². The smallest absolute Gasteiger partial charge is 0.170 e. The summed E-state index contributed by atoms with van der Waals surface area (Å²) < 4.78 is 10.5. The zero-order valence-corrected chi connectivity index (χ0v) is 12.5. The summed E-state index contributed by atoms with van der Waals surface area (Å²) in [4.78, 5) is 12.9. The van der Waals surface area contributed by atoms with E-state index in [4.69, 9.17) is 9.47 Å². The molecule has 0 bridgehead atoms. The summed E-state index contributed by atoms with van der Waals surface area (Å²) in [6.07, 6.45) is 2.85. The van der Waals surface area contributed by atoms with Crippen molar-refractivity contribution in [3.63, 3.8) is 0 Å². The van der Waals surface area contributed by atoms with Gasteiger partial charge in [-0.15, -0.1) is 0 Å². The third-order valence-electron chi connectivity index (χ3n) is 4.10. The molecular formula is C16H23NO3. The van der Waals surface area contributed by atoms with E-state index < -0.39 is 0 Å². The van der Waals surface area contributed by atoms with Gasteiger partial charge in [0, 0.05) is 17.5 Å². The Morgan fingerprint density at radius 1 is 1.30 bits per heavy atom. The first-order valence-corrected chi connectivity index (χ1v) is 7.14. The van der Waals surface area contributed by atoms with Gasteiger partial charge in [0.05, 0.1) is 14.2 Å². The Balaban J connectivity index is 2.32. The molecule has 1 aliphatic heterocycles. The second-order valence-corrected chi connectivity index (χ2v) is 5.36. The monoisotopic (exact) mass is 277 g/mol. The summed E-state index contributed by atoms with van der Waals surface area (Å²) in [5.74, 6) is 1.47. The predicted octanol–water partition coefficient (Wildman–Crippen LogP) is 2.67. The molecule has 110 valence electrons. The number of Topliss-reactive ketones (excluding diaryl/α,β-unsaturated/α-hetero) is 1. The zero-order valence-electron chi connectivity index (χ0n) is 12.5. The van der Waals surface area contributed by atoms with Crippen LogP contribution in [0.25, 0.3) is 0 Å². The molecule has 4 nitrogen and oxygen atoms in total. The van der Waals surface area contributed by atoms with Crippen molar-refractivity contribution in [2.45, 2.75) is 26.2 Å². The number of carbonyl (C=O) groups excluding carboxylic acids is 1. The van der Waals surface area contributed by atoms with Crippen molar-refractivity contribution >= 4 is 5.78 Å². The predicted molar refractivity (Wildman–Crippen MR) is 78.7 cm³/mol. The van der Waals surface area contributed by atoms with Crippen LogP contribution in [0.15, 0.2) is 18.2 Å². The quantitative estimate of drug-likeness (QED) is 0.812. The Morgan fingerprint density at radius 2 is 2.05 bits per heavy atom.